The molecule has 2 amide bonds. The second-order valence-electron chi connectivity index (χ2n) is 5.82. The molecule has 1 heterocycles. The molecule has 0 aliphatic heterocycles. The maximum Gasteiger partial charge on any atom is 0.340 e. The third kappa shape index (κ3) is 4.78. The van der Waals surface area contributed by atoms with E-state index in [1.165, 1.54) is 14.2 Å². The Labute approximate surface area is 159 Å². The van der Waals surface area contributed by atoms with Crippen LogP contribution in [0.4, 0.5) is 0 Å². The molecule has 10 nitrogen and oxygen atoms in total. The highest BCUT2D eigenvalue weighted by Crippen LogP contribution is 2.33. The summed E-state index contributed by atoms with van der Waals surface area (Å²) in [6, 6.07) is 3.18. The first-order valence-electron chi connectivity index (χ1n) is 8.20. The molecule has 0 fully saturated rings. The maximum atomic E-state index is 12.3. The topological polar surface area (TPSA) is 144 Å². The Morgan fingerprint density at radius 1 is 1.07 bits per heavy atom. The van der Waals surface area contributed by atoms with Gasteiger partial charge in [0.15, 0.2) is 0 Å². The Hall–Kier alpha value is -3.56. The lowest BCUT2D eigenvalue weighted by atomic mass is 10.0. The Morgan fingerprint density at radius 3 is 2.36 bits per heavy atom. The molecule has 3 N–H and O–H groups in total. The van der Waals surface area contributed by atoms with E-state index in [0.29, 0.717) is 22.4 Å². The standard InChI is InChI=1S/C18H20N2O8/c1-9-11(6-14(21)19-7-15(22)20-8-16(23)24)18(25)28-13-5-10(26-2)4-12(27-3)17(9)13/h4-5H,6-8H2,1-3H3,(H,19,21)(H,20,22)(H,23,24). The van der Waals surface area contributed by atoms with E-state index in [0.717, 1.165) is 0 Å². The Morgan fingerprint density at radius 2 is 1.75 bits per heavy atom. The van der Waals surface area contributed by atoms with Gasteiger partial charge in [-0.2, -0.15) is 0 Å². The quantitative estimate of drug-likeness (QED) is 0.532. The number of aryl methyl sites for hydroxylation is 1. The highest BCUT2D eigenvalue weighted by molar-refractivity contribution is 5.91. The van der Waals surface area contributed by atoms with Gasteiger partial charge >= 0.3 is 11.6 Å². The number of carbonyl (C=O) groups is 3. The highest BCUT2D eigenvalue weighted by Gasteiger charge is 2.19. The van der Waals surface area contributed by atoms with Crippen LogP contribution >= 0.6 is 0 Å². The zero-order chi connectivity index (χ0) is 20.8. The van der Waals surface area contributed by atoms with Crippen LogP contribution in [-0.4, -0.2) is 50.2 Å². The molecule has 1 aromatic carbocycles. The van der Waals surface area contributed by atoms with Gasteiger partial charge in [0.2, 0.25) is 11.8 Å². The predicted octanol–water partition coefficient (Wildman–Crippen LogP) is -0.0219. The number of methoxy groups -OCH3 is 2. The number of carboxylic acids is 1. The first-order valence-corrected chi connectivity index (χ1v) is 8.20. The van der Waals surface area contributed by atoms with Crippen LogP contribution in [0.2, 0.25) is 0 Å². The molecule has 2 aromatic rings. The van der Waals surface area contributed by atoms with Crippen LogP contribution in [0.25, 0.3) is 11.0 Å². The summed E-state index contributed by atoms with van der Waals surface area (Å²) in [5, 5.41) is 13.5. The average molecular weight is 392 g/mol. The number of fused-ring (bicyclic) bond motifs is 1. The molecule has 0 saturated carbocycles. The smallest absolute Gasteiger partial charge is 0.340 e. The minimum absolute atomic E-state index is 0.124. The van der Waals surface area contributed by atoms with Gasteiger partial charge in [0.25, 0.3) is 0 Å². The molecule has 0 unspecified atom stereocenters. The van der Waals surface area contributed by atoms with Gasteiger partial charge in [0, 0.05) is 12.1 Å². The van der Waals surface area contributed by atoms with Crippen molar-refractivity contribution in [3.63, 3.8) is 0 Å². The van der Waals surface area contributed by atoms with Crippen molar-refractivity contribution in [2.24, 2.45) is 0 Å². The number of ether oxygens (including phenoxy) is 2. The first kappa shape index (κ1) is 20.7. The predicted molar refractivity (Wildman–Crippen MR) is 97.7 cm³/mol. The minimum Gasteiger partial charge on any atom is -0.496 e. The van der Waals surface area contributed by atoms with Crippen LogP contribution in [0.1, 0.15) is 11.1 Å². The fraction of sp³-hybridized carbons (Fsp3) is 0.333. The number of hydrogen-bond acceptors (Lipinski definition) is 7. The Kier molecular flexibility index (Phi) is 6.59. The summed E-state index contributed by atoms with van der Waals surface area (Å²) in [6.07, 6.45) is -0.314. The summed E-state index contributed by atoms with van der Waals surface area (Å²) < 4.78 is 15.8. The van der Waals surface area contributed by atoms with E-state index in [1.54, 1.807) is 19.1 Å². The van der Waals surface area contributed by atoms with E-state index in [4.69, 9.17) is 19.0 Å². The summed E-state index contributed by atoms with van der Waals surface area (Å²) in [6.45, 7) is 0.701. The second kappa shape index (κ2) is 8.89. The SMILES string of the molecule is COc1cc(OC)c2c(C)c(CC(=O)NCC(=O)NCC(=O)O)c(=O)oc2c1. The number of hydrogen-bond donors (Lipinski definition) is 3. The molecule has 0 bridgehead atoms. The van der Waals surface area contributed by atoms with Gasteiger partial charge in [-0.1, -0.05) is 0 Å². The lowest BCUT2D eigenvalue weighted by molar-refractivity contribution is -0.137. The molecule has 0 radical (unpaired) electrons. The normalized spacial score (nSPS) is 10.4. The number of aliphatic carboxylic acids is 1. The van der Waals surface area contributed by atoms with Crippen molar-refractivity contribution in [1.82, 2.24) is 10.6 Å². The molecular formula is C18H20N2O8. The van der Waals surface area contributed by atoms with Gasteiger partial charge in [-0.05, 0) is 12.5 Å². The minimum atomic E-state index is -1.20. The molecule has 10 heteroatoms. The lowest BCUT2D eigenvalue weighted by Gasteiger charge is -2.12. The fourth-order valence-corrected chi connectivity index (χ4v) is 2.60. The van der Waals surface area contributed by atoms with E-state index in [-0.39, 0.29) is 17.6 Å². The van der Waals surface area contributed by atoms with Crippen LogP contribution in [0.15, 0.2) is 21.3 Å². The van der Waals surface area contributed by atoms with Crippen molar-refractivity contribution in [2.75, 3.05) is 27.3 Å². The summed E-state index contributed by atoms with van der Waals surface area (Å²) in [4.78, 5) is 46.3. The number of amides is 2. The van der Waals surface area contributed by atoms with Gasteiger partial charge in [-0.3, -0.25) is 14.4 Å². The number of rotatable bonds is 8. The molecule has 0 spiro atoms. The summed E-state index contributed by atoms with van der Waals surface area (Å²) in [7, 11) is 2.93. The fourth-order valence-electron chi connectivity index (χ4n) is 2.60. The van der Waals surface area contributed by atoms with E-state index in [1.807, 2.05) is 0 Å². The summed E-state index contributed by atoms with van der Waals surface area (Å²) in [5.41, 5.74) is 0.206. The van der Waals surface area contributed by atoms with Crippen molar-refractivity contribution in [1.29, 1.82) is 0 Å². The second-order valence-corrected chi connectivity index (χ2v) is 5.82. The first-order chi connectivity index (χ1) is 13.3. The molecule has 0 saturated heterocycles. The molecule has 0 atom stereocenters. The van der Waals surface area contributed by atoms with Crippen molar-refractivity contribution in [3.05, 3.63) is 33.7 Å². The lowest BCUT2D eigenvalue weighted by Crippen LogP contribution is -2.39. The average Bonchev–Trinajstić information content (AvgIpc) is 2.66. The zero-order valence-corrected chi connectivity index (χ0v) is 15.6. The van der Waals surface area contributed by atoms with Crippen LogP contribution in [-0.2, 0) is 20.8 Å². The number of nitrogens with one attached hydrogen (secondary N) is 2. The van der Waals surface area contributed by atoms with Crippen molar-refractivity contribution in [3.8, 4) is 11.5 Å². The Bertz CT molecular complexity index is 980. The molecule has 0 aliphatic carbocycles. The van der Waals surface area contributed by atoms with Gasteiger partial charge < -0.3 is 29.6 Å². The van der Waals surface area contributed by atoms with E-state index >= 15 is 0 Å². The number of carboxylic acid groups (broad SMARTS) is 1. The molecule has 2 rings (SSSR count). The third-order valence-corrected chi connectivity index (χ3v) is 3.99. The van der Waals surface area contributed by atoms with Crippen LogP contribution in [0.5, 0.6) is 11.5 Å². The van der Waals surface area contributed by atoms with Gasteiger partial charge in [-0.25, -0.2) is 4.79 Å². The van der Waals surface area contributed by atoms with Crippen molar-refractivity contribution >= 4 is 28.8 Å². The van der Waals surface area contributed by atoms with Gasteiger partial charge in [-0.15, -0.1) is 0 Å². The van der Waals surface area contributed by atoms with Crippen LogP contribution < -0.4 is 25.7 Å². The molecule has 0 aliphatic rings. The summed E-state index contributed by atoms with van der Waals surface area (Å²) >= 11 is 0. The molecular weight excluding hydrogens is 372 g/mol. The van der Waals surface area contributed by atoms with E-state index in [2.05, 4.69) is 10.6 Å². The maximum absolute atomic E-state index is 12.3. The molecule has 28 heavy (non-hydrogen) atoms. The Balaban J connectivity index is 2.23. The zero-order valence-electron chi connectivity index (χ0n) is 15.6. The number of benzene rings is 1. The van der Waals surface area contributed by atoms with Crippen LogP contribution in [0, 0.1) is 6.92 Å². The summed E-state index contributed by atoms with van der Waals surface area (Å²) in [5.74, 6) is -1.58. The van der Waals surface area contributed by atoms with Gasteiger partial charge in [0.05, 0.1) is 38.1 Å². The van der Waals surface area contributed by atoms with Crippen LogP contribution in [0.3, 0.4) is 0 Å². The third-order valence-electron chi connectivity index (χ3n) is 3.99. The largest absolute Gasteiger partial charge is 0.496 e. The van der Waals surface area contributed by atoms with E-state index in [9.17, 15) is 19.2 Å². The van der Waals surface area contributed by atoms with Crippen molar-refractivity contribution < 1.29 is 33.4 Å². The van der Waals surface area contributed by atoms with E-state index < -0.39 is 36.5 Å². The monoisotopic (exact) mass is 392 g/mol. The highest BCUT2D eigenvalue weighted by atomic mass is 16.5. The molecule has 1 aromatic heterocycles. The molecule has 150 valence electrons. The number of carbonyl (C=O) groups excluding carboxylic acids is 2. The van der Waals surface area contributed by atoms with Gasteiger partial charge in [0.1, 0.15) is 23.6 Å². The van der Waals surface area contributed by atoms with Crippen molar-refractivity contribution in [2.45, 2.75) is 13.3 Å².